The quantitative estimate of drug-likeness (QED) is 0.144. The molecular formula is C41H57ClN2O6S. The largest absolute Gasteiger partial charge is 0.497 e. The fourth-order valence-corrected chi connectivity index (χ4v) is 13.1. The summed E-state index contributed by atoms with van der Waals surface area (Å²) < 4.78 is 43.8. The van der Waals surface area contributed by atoms with Crippen LogP contribution in [0.5, 0.6) is 5.75 Å². The molecule has 4 atom stereocenters. The Morgan fingerprint density at radius 1 is 0.863 bits per heavy atom. The van der Waals surface area contributed by atoms with Crippen molar-refractivity contribution < 1.29 is 27.5 Å². The predicted molar refractivity (Wildman–Crippen MR) is 201 cm³/mol. The van der Waals surface area contributed by atoms with Crippen LogP contribution in [0.15, 0.2) is 54.6 Å². The van der Waals surface area contributed by atoms with Gasteiger partial charge >= 0.3 is 5.97 Å². The summed E-state index contributed by atoms with van der Waals surface area (Å²) in [7, 11) is -2.09. The van der Waals surface area contributed by atoms with E-state index in [9.17, 15) is 18.0 Å². The summed E-state index contributed by atoms with van der Waals surface area (Å²) >= 11 is 6.19. The van der Waals surface area contributed by atoms with E-state index < -0.39 is 33.6 Å². The number of sulfonamides is 1. The van der Waals surface area contributed by atoms with E-state index >= 15 is 0 Å². The number of benzene rings is 2. The van der Waals surface area contributed by atoms with E-state index in [-0.39, 0.29) is 53.9 Å². The van der Waals surface area contributed by atoms with E-state index in [1.54, 1.807) is 7.11 Å². The van der Waals surface area contributed by atoms with Crippen molar-refractivity contribution in [3.8, 4) is 5.75 Å². The highest BCUT2D eigenvalue weighted by Gasteiger charge is 2.67. The second-order valence-electron chi connectivity index (χ2n) is 16.2. The molecule has 0 unspecified atom stereocenters. The first kappa shape index (κ1) is 38.1. The van der Waals surface area contributed by atoms with Crippen LogP contribution in [0.1, 0.15) is 108 Å². The number of hydrogen-bond donors (Lipinski definition) is 0. The maximum Gasteiger partial charge on any atom is 0.329 e. The smallest absolute Gasteiger partial charge is 0.329 e. The summed E-state index contributed by atoms with van der Waals surface area (Å²) in [6.45, 7) is 4.54. The van der Waals surface area contributed by atoms with E-state index in [1.165, 1.54) is 4.90 Å². The van der Waals surface area contributed by atoms with Crippen LogP contribution in [-0.2, 0) is 37.3 Å². The first-order valence-corrected chi connectivity index (χ1v) is 21.4. The van der Waals surface area contributed by atoms with Gasteiger partial charge in [0.25, 0.3) is 0 Å². The highest BCUT2D eigenvalue weighted by Crippen LogP contribution is 2.67. The molecule has 2 aromatic carbocycles. The van der Waals surface area contributed by atoms with Gasteiger partial charge in [0.05, 0.1) is 12.9 Å². The molecule has 4 aliphatic rings. The van der Waals surface area contributed by atoms with E-state index in [4.69, 9.17) is 21.1 Å². The standard InChI is InChI=1S/C41H57ClN2O6S/c1-40(2)32-23-24-41(40,29-51(47,48)44(33-15-9-5-10-16-33)34-17-11-6-12-18-34)37(26-32)50-39(46)36(25-30-13-7-4-8-14-30)43(38(45)27-42)28-31-19-21-35(49-3)22-20-31/h4,7-8,13-14,19-22,32-34,36-37H,5-6,9-12,15-18,23-29H2,1-3H3/t32-,36+,37-,41-/m1/s1. The van der Waals surface area contributed by atoms with Crippen LogP contribution in [0.3, 0.4) is 0 Å². The Morgan fingerprint density at radius 3 is 2.02 bits per heavy atom. The van der Waals surface area contributed by atoms with Gasteiger partial charge in [-0.3, -0.25) is 4.79 Å². The van der Waals surface area contributed by atoms with E-state index in [2.05, 4.69) is 13.8 Å². The van der Waals surface area contributed by atoms with E-state index in [1.807, 2.05) is 58.9 Å². The zero-order chi connectivity index (χ0) is 36.2. The van der Waals surface area contributed by atoms with Gasteiger partial charge < -0.3 is 14.4 Å². The minimum atomic E-state index is -3.69. The van der Waals surface area contributed by atoms with Gasteiger partial charge in [-0.25, -0.2) is 13.2 Å². The van der Waals surface area contributed by atoms with Crippen LogP contribution in [0.4, 0.5) is 0 Å². The highest BCUT2D eigenvalue weighted by atomic mass is 35.5. The van der Waals surface area contributed by atoms with Crippen LogP contribution >= 0.6 is 11.6 Å². The fraction of sp³-hybridized carbons (Fsp3) is 0.659. The minimum Gasteiger partial charge on any atom is -0.497 e. The Balaban J connectivity index is 1.31. The Kier molecular flexibility index (Phi) is 12.1. The maximum atomic E-state index is 15.0. The molecule has 6 rings (SSSR count). The van der Waals surface area contributed by atoms with Gasteiger partial charge in [-0.05, 0) is 79.5 Å². The zero-order valence-electron chi connectivity index (χ0n) is 30.7. The van der Waals surface area contributed by atoms with E-state index in [0.29, 0.717) is 18.6 Å². The number of carbonyl (C=O) groups excluding carboxylic acids is 2. The van der Waals surface area contributed by atoms with Gasteiger partial charge in [0.1, 0.15) is 23.8 Å². The van der Waals surface area contributed by atoms with Crippen molar-refractivity contribution in [2.24, 2.45) is 16.7 Å². The summed E-state index contributed by atoms with van der Waals surface area (Å²) in [5, 5.41) is 0. The van der Waals surface area contributed by atoms with Crippen molar-refractivity contribution in [1.82, 2.24) is 9.21 Å². The fourth-order valence-electron chi connectivity index (χ4n) is 10.1. The molecule has 0 heterocycles. The third kappa shape index (κ3) is 8.01. The number of hydrogen-bond acceptors (Lipinski definition) is 6. The molecule has 1 amide bonds. The van der Waals surface area contributed by atoms with Crippen LogP contribution < -0.4 is 4.74 Å². The molecule has 0 radical (unpaired) electrons. The number of rotatable bonds is 14. The number of methoxy groups -OCH3 is 1. The van der Waals surface area contributed by atoms with Gasteiger partial charge in [0, 0.05) is 30.5 Å². The third-order valence-electron chi connectivity index (χ3n) is 13.1. The Morgan fingerprint density at radius 2 is 1.47 bits per heavy atom. The number of ether oxygens (including phenoxy) is 2. The van der Waals surface area contributed by atoms with Crippen molar-refractivity contribution >= 4 is 33.5 Å². The Hall–Kier alpha value is -2.62. The second-order valence-corrected chi connectivity index (χ2v) is 18.3. The lowest BCUT2D eigenvalue weighted by atomic mass is 9.69. The average Bonchev–Trinajstić information content (AvgIpc) is 3.49. The Bertz CT molecular complexity index is 1570. The topological polar surface area (TPSA) is 93.2 Å². The molecular weight excluding hydrogens is 684 g/mol. The minimum absolute atomic E-state index is 0.00598. The van der Waals surface area contributed by atoms with Crippen molar-refractivity contribution in [3.05, 3.63) is 65.7 Å². The summed E-state index contributed by atoms with van der Waals surface area (Å²) in [6, 6.07) is 16.2. The van der Waals surface area contributed by atoms with Crippen molar-refractivity contribution in [1.29, 1.82) is 0 Å². The summed E-state index contributed by atoms with van der Waals surface area (Å²) in [4.78, 5) is 29.7. The van der Waals surface area contributed by atoms with Crippen molar-refractivity contribution in [2.45, 2.75) is 135 Å². The molecule has 2 bridgehead atoms. The normalized spacial score (nSPS) is 25.8. The monoisotopic (exact) mass is 740 g/mol. The van der Waals surface area contributed by atoms with Crippen molar-refractivity contribution in [3.63, 3.8) is 0 Å². The Labute approximate surface area is 310 Å². The van der Waals surface area contributed by atoms with Gasteiger partial charge in [-0.15, -0.1) is 11.6 Å². The number of fused-ring (bicyclic) bond motifs is 2. The zero-order valence-corrected chi connectivity index (χ0v) is 32.3. The van der Waals surface area contributed by atoms with Crippen LogP contribution in [-0.4, -0.2) is 72.5 Å². The molecule has 4 saturated carbocycles. The lowest BCUT2D eigenvalue weighted by Crippen LogP contribution is -2.55. The first-order valence-electron chi connectivity index (χ1n) is 19.2. The molecule has 10 heteroatoms. The third-order valence-corrected chi connectivity index (χ3v) is 15.5. The summed E-state index contributed by atoms with van der Waals surface area (Å²) in [5.41, 5.74) is 0.666. The summed E-state index contributed by atoms with van der Waals surface area (Å²) in [6.07, 6.45) is 12.2. The number of esters is 1. The number of amides is 1. The molecule has 4 aliphatic carbocycles. The number of halogens is 1. The molecule has 0 aliphatic heterocycles. The first-order chi connectivity index (χ1) is 24.5. The molecule has 0 N–H and O–H groups in total. The second kappa shape index (κ2) is 16.2. The molecule has 51 heavy (non-hydrogen) atoms. The molecule has 8 nitrogen and oxygen atoms in total. The van der Waals surface area contributed by atoms with Crippen LogP contribution in [0.2, 0.25) is 0 Å². The number of carbonyl (C=O) groups is 2. The lowest BCUT2D eigenvalue weighted by molar-refractivity contribution is -0.166. The molecule has 0 spiro atoms. The molecule has 4 fully saturated rings. The van der Waals surface area contributed by atoms with Gasteiger partial charge in [-0.1, -0.05) is 94.8 Å². The van der Waals surface area contributed by atoms with Crippen LogP contribution in [0.25, 0.3) is 0 Å². The maximum absolute atomic E-state index is 15.0. The lowest BCUT2D eigenvalue weighted by Gasteiger charge is -2.46. The van der Waals surface area contributed by atoms with Crippen LogP contribution in [0, 0.1) is 16.7 Å². The molecule has 2 aromatic rings. The molecule has 280 valence electrons. The SMILES string of the molecule is COc1ccc(CN(C(=O)CCl)[C@@H](Cc2ccccc2)C(=O)O[C@@H]2C[C@H]3CC[C@]2(CS(=O)(=O)N(C2CCCCC2)C2CCCCC2)C3(C)C)cc1. The van der Waals surface area contributed by atoms with Gasteiger partial charge in [0.2, 0.25) is 15.9 Å². The van der Waals surface area contributed by atoms with Crippen molar-refractivity contribution in [2.75, 3.05) is 18.7 Å². The van der Waals surface area contributed by atoms with E-state index in [0.717, 1.165) is 81.8 Å². The summed E-state index contributed by atoms with van der Waals surface area (Å²) in [5.74, 6) is -0.227. The predicted octanol–water partition coefficient (Wildman–Crippen LogP) is 7.91. The number of alkyl halides is 1. The number of nitrogens with zero attached hydrogens (tertiary/aromatic N) is 2. The average molecular weight is 741 g/mol. The molecule has 0 saturated heterocycles. The molecule has 0 aromatic heterocycles. The van der Waals surface area contributed by atoms with Gasteiger partial charge in [-0.2, -0.15) is 4.31 Å². The van der Waals surface area contributed by atoms with Gasteiger partial charge in [0.15, 0.2) is 0 Å². The highest BCUT2D eigenvalue weighted by molar-refractivity contribution is 7.89.